The van der Waals surface area contributed by atoms with E-state index in [4.69, 9.17) is 9.47 Å². The first-order valence-electron chi connectivity index (χ1n) is 7.07. The van der Waals surface area contributed by atoms with E-state index in [2.05, 4.69) is 12.2 Å². The molecule has 2 rings (SSSR count). The largest absolute Gasteiger partial charge is 0.360 e. The molecule has 3 unspecified atom stereocenters. The van der Waals surface area contributed by atoms with Gasteiger partial charge in [-0.2, -0.15) is 0 Å². The predicted molar refractivity (Wildman–Crippen MR) is 73.9 cm³/mol. The van der Waals surface area contributed by atoms with Crippen molar-refractivity contribution >= 4 is 9.52 Å². The Kier molecular flexibility index (Phi) is 5.26. The molecule has 1 saturated carbocycles. The molecule has 0 aromatic heterocycles. The average Bonchev–Trinajstić information content (AvgIpc) is 2.96. The molecule has 0 spiro atoms. The topological polar surface area (TPSA) is 18.5 Å². The summed E-state index contributed by atoms with van der Waals surface area (Å²) in [6, 6.07) is 1.36. The highest BCUT2D eigenvalue weighted by molar-refractivity contribution is 6.36. The molecule has 0 N–H and O–H groups in total. The van der Waals surface area contributed by atoms with Crippen LogP contribution >= 0.6 is 0 Å². The van der Waals surface area contributed by atoms with Gasteiger partial charge < -0.3 is 9.47 Å². The van der Waals surface area contributed by atoms with Gasteiger partial charge in [-0.1, -0.05) is 31.0 Å². The monoisotopic (exact) mass is 254 g/mol. The van der Waals surface area contributed by atoms with Crippen molar-refractivity contribution in [3.8, 4) is 0 Å². The molecular weight excluding hydrogens is 228 g/mol. The molecule has 98 valence electrons. The third-order valence-corrected chi connectivity index (χ3v) is 6.50. The minimum absolute atomic E-state index is 0.139. The Balaban J connectivity index is 1.51. The molecule has 2 aliphatic carbocycles. The van der Waals surface area contributed by atoms with Crippen LogP contribution in [0.1, 0.15) is 32.1 Å². The third-order valence-electron chi connectivity index (χ3n) is 4.46. The van der Waals surface area contributed by atoms with Gasteiger partial charge in [-0.3, -0.25) is 0 Å². The van der Waals surface area contributed by atoms with Gasteiger partial charge >= 0.3 is 0 Å². The summed E-state index contributed by atoms with van der Waals surface area (Å²) < 4.78 is 10.5. The molecule has 0 heterocycles. The summed E-state index contributed by atoms with van der Waals surface area (Å²) in [6.45, 7) is 0. The molecule has 0 aromatic rings. The summed E-state index contributed by atoms with van der Waals surface area (Å²) in [5.41, 5.74) is 0. The molecule has 17 heavy (non-hydrogen) atoms. The molecule has 1 fully saturated rings. The maximum absolute atomic E-state index is 5.25. The van der Waals surface area contributed by atoms with E-state index in [1.165, 1.54) is 38.1 Å². The van der Waals surface area contributed by atoms with Gasteiger partial charge in [0.25, 0.3) is 0 Å². The van der Waals surface area contributed by atoms with Crippen molar-refractivity contribution in [1.29, 1.82) is 0 Å². The van der Waals surface area contributed by atoms with Gasteiger partial charge in [-0.25, -0.2) is 0 Å². The van der Waals surface area contributed by atoms with Crippen LogP contribution in [-0.4, -0.2) is 29.7 Å². The fraction of sp³-hybridized carbons (Fsp3) is 0.857. The van der Waals surface area contributed by atoms with Crippen LogP contribution in [0.15, 0.2) is 12.2 Å². The quantitative estimate of drug-likeness (QED) is 0.287. The lowest BCUT2D eigenvalue weighted by Crippen LogP contribution is -2.21. The van der Waals surface area contributed by atoms with E-state index in [1.54, 1.807) is 14.2 Å². The predicted octanol–water partition coefficient (Wildman–Crippen LogP) is 2.53. The summed E-state index contributed by atoms with van der Waals surface area (Å²) in [7, 11) is 3.32. The average molecular weight is 254 g/mol. The molecule has 2 bridgehead atoms. The highest BCUT2D eigenvalue weighted by Gasteiger charge is 2.34. The van der Waals surface area contributed by atoms with Gasteiger partial charge in [0.1, 0.15) is 5.91 Å². The van der Waals surface area contributed by atoms with Crippen molar-refractivity contribution in [2.75, 3.05) is 14.2 Å². The van der Waals surface area contributed by atoms with E-state index in [1.807, 2.05) is 0 Å². The Morgan fingerprint density at radius 2 is 2.00 bits per heavy atom. The zero-order valence-corrected chi connectivity index (χ0v) is 12.6. The SMILES string of the molecule is COC(OC)[SiH2]CCCCC1CC2C=CC1C2. The van der Waals surface area contributed by atoms with E-state index < -0.39 is 0 Å². The lowest BCUT2D eigenvalue weighted by atomic mass is 9.89. The highest BCUT2D eigenvalue weighted by Crippen LogP contribution is 2.45. The molecule has 0 amide bonds. The molecule has 0 saturated heterocycles. The van der Waals surface area contributed by atoms with Crippen molar-refractivity contribution in [3.63, 3.8) is 0 Å². The highest BCUT2D eigenvalue weighted by atomic mass is 28.2. The standard InChI is InChI=1S/C14H26O2Si/c1-15-14(16-2)17-8-4-3-5-12-9-11-6-7-13(12)10-11/h6-7,11-14H,3-5,8-10,17H2,1-2H3. The second kappa shape index (κ2) is 6.71. The van der Waals surface area contributed by atoms with E-state index in [9.17, 15) is 0 Å². The number of hydrogen-bond acceptors (Lipinski definition) is 2. The summed E-state index contributed by atoms with van der Waals surface area (Å²) in [6.07, 6.45) is 12.1. The zero-order valence-electron chi connectivity index (χ0n) is 11.2. The lowest BCUT2D eigenvalue weighted by molar-refractivity contribution is -0.0441. The minimum Gasteiger partial charge on any atom is -0.360 e. The number of rotatable bonds is 8. The molecular formula is C14H26O2Si. The van der Waals surface area contributed by atoms with Gasteiger partial charge in [-0.15, -0.1) is 0 Å². The molecule has 0 aliphatic heterocycles. The Morgan fingerprint density at radius 1 is 1.18 bits per heavy atom. The maximum atomic E-state index is 5.25. The van der Waals surface area contributed by atoms with Gasteiger partial charge in [0.15, 0.2) is 0 Å². The first-order chi connectivity index (χ1) is 8.33. The number of fused-ring (bicyclic) bond motifs is 2. The van der Waals surface area contributed by atoms with Crippen LogP contribution in [0.25, 0.3) is 0 Å². The van der Waals surface area contributed by atoms with Gasteiger partial charge in [0, 0.05) is 14.2 Å². The fourth-order valence-corrected chi connectivity index (χ4v) is 4.90. The van der Waals surface area contributed by atoms with Crippen molar-refractivity contribution < 1.29 is 9.47 Å². The summed E-state index contributed by atoms with van der Waals surface area (Å²) >= 11 is 0. The first-order valence-corrected chi connectivity index (χ1v) is 8.89. The van der Waals surface area contributed by atoms with Crippen molar-refractivity contribution in [2.24, 2.45) is 17.8 Å². The summed E-state index contributed by atoms with van der Waals surface area (Å²) in [5, 5.41) is 0. The normalized spacial score (nSPS) is 31.4. The Hall–Kier alpha value is -0.123. The molecule has 3 atom stereocenters. The van der Waals surface area contributed by atoms with Crippen LogP contribution in [-0.2, 0) is 9.47 Å². The Morgan fingerprint density at radius 3 is 2.59 bits per heavy atom. The molecule has 3 heteroatoms. The number of unbranched alkanes of at least 4 members (excludes halogenated alkanes) is 1. The molecule has 2 nitrogen and oxygen atoms in total. The van der Waals surface area contributed by atoms with Crippen LogP contribution in [0.5, 0.6) is 0 Å². The van der Waals surface area contributed by atoms with Gasteiger partial charge in [0.05, 0.1) is 9.52 Å². The van der Waals surface area contributed by atoms with Crippen molar-refractivity contribution in [2.45, 2.75) is 44.1 Å². The number of allylic oxidation sites excluding steroid dienone is 2. The third kappa shape index (κ3) is 3.67. The van der Waals surface area contributed by atoms with E-state index >= 15 is 0 Å². The second-order valence-electron chi connectivity index (χ2n) is 5.58. The lowest BCUT2D eigenvalue weighted by Gasteiger charge is -2.18. The van der Waals surface area contributed by atoms with E-state index in [0.717, 1.165) is 17.8 Å². The van der Waals surface area contributed by atoms with Gasteiger partial charge in [0.2, 0.25) is 0 Å². The van der Waals surface area contributed by atoms with Crippen LogP contribution in [0.4, 0.5) is 0 Å². The summed E-state index contributed by atoms with van der Waals surface area (Å²) in [5.74, 6) is 3.02. The van der Waals surface area contributed by atoms with Crippen LogP contribution < -0.4 is 0 Å². The van der Waals surface area contributed by atoms with Crippen molar-refractivity contribution in [1.82, 2.24) is 0 Å². The number of hydrogen-bond donors (Lipinski definition) is 0. The molecule has 0 radical (unpaired) electrons. The fourth-order valence-electron chi connectivity index (χ4n) is 3.45. The van der Waals surface area contributed by atoms with Crippen molar-refractivity contribution in [3.05, 3.63) is 12.2 Å². The first kappa shape index (κ1) is 13.3. The van der Waals surface area contributed by atoms with E-state index in [-0.39, 0.29) is 15.4 Å². The van der Waals surface area contributed by atoms with Gasteiger partial charge in [-0.05, 0) is 37.0 Å². The summed E-state index contributed by atoms with van der Waals surface area (Å²) in [4.78, 5) is 0. The second-order valence-corrected chi connectivity index (χ2v) is 7.53. The Bertz CT molecular complexity index is 251. The smallest absolute Gasteiger partial charge is 0.134 e. The molecule has 0 aromatic carbocycles. The maximum Gasteiger partial charge on any atom is 0.134 e. The Labute approximate surface area is 108 Å². The number of ether oxygens (including phenoxy) is 2. The van der Waals surface area contributed by atoms with Crippen LogP contribution in [0.3, 0.4) is 0 Å². The van der Waals surface area contributed by atoms with Crippen LogP contribution in [0.2, 0.25) is 6.04 Å². The number of methoxy groups -OCH3 is 2. The zero-order chi connectivity index (χ0) is 12.1. The van der Waals surface area contributed by atoms with E-state index in [0.29, 0.717) is 0 Å². The van der Waals surface area contributed by atoms with Crippen LogP contribution in [0, 0.1) is 17.8 Å². The molecule has 2 aliphatic rings. The minimum atomic E-state index is -0.185.